The molecule has 4 aliphatic carbocycles. The molecule has 0 bridgehead atoms. The summed E-state index contributed by atoms with van der Waals surface area (Å²) in [4.78, 5) is 24.0. The van der Waals surface area contributed by atoms with Crippen LogP contribution < -0.4 is 0 Å². The third kappa shape index (κ3) is 3.51. The van der Waals surface area contributed by atoms with E-state index < -0.39 is 0 Å². The maximum atomic E-state index is 12.7. The molecule has 4 fully saturated rings. The number of hydrogen-bond donors (Lipinski definition) is 1. The van der Waals surface area contributed by atoms with Crippen molar-refractivity contribution in [3.05, 3.63) is 0 Å². The van der Waals surface area contributed by atoms with Gasteiger partial charge in [-0.3, -0.25) is 9.59 Å². The van der Waals surface area contributed by atoms with Gasteiger partial charge < -0.3 is 5.11 Å². The fourth-order valence-electron chi connectivity index (χ4n) is 9.46. The summed E-state index contributed by atoms with van der Waals surface area (Å²) in [5.74, 6) is 4.11. The highest BCUT2D eigenvalue weighted by Crippen LogP contribution is 2.69. The zero-order valence-electron chi connectivity index (χ0n) is 19.3. The quantitative estimate of drug-likeness (QED) is 0.537. The topological polar surface area (TPSA) is 54.4 Å². The SMILES string of the molecule is CC(=O)C1C[C@@H](O)C[C@H]2CC[C@H]3[C@@H]4CC[C@H]([C@H](C)CCC(=O)Cl)[C@@]4(C)CC[C@@H]3[C@@]12C. The molecule has 0 saturated heterocycles. The summed E-state index contributed by atoms with van der Waals surface area (Å²) in [6.45, 7) is 9.03. The van der Waals surface area contributed by atoms with Gasteiger partial charge in [0.1, 0.15) is 5.78 Å². The van der Waals surface area contributed by atoms with Crippen LogP contribution in [0.3, 0.4) is 0 Å². The van der Waals surface area contributed by atoms with Crippen molar-refractivity contribution in [2.75, 3.05) is 0 Å². The number of ketones is 1. The van der Waals surface area contributed by atoms with E-state index in [-0.39, 0.29) is 22.7 Å². The van der Waals surface area contributed by atoms with E-state index in [0.29, 0.717) is 53.6 Å². The number of carbonyl (C=O) groups is 2. The van der Waals surface area contributed by atoms with E-state index >= 15 is 0 Å². The van der Waals surface area contributed by atoms with E-state index in [2.05, 4.69) is 20.8 Å². The van der Waals surface area contributed by atoms with E-state index in [1.807, 2.05) is 0 Å². The first-order valence-electron chi connectivity index (χ1n) is 12.5. The minimum absolute atomic E-state index is 0.0225. The summed E-state index contributed by atoms with van der Waals surface area (Å²) < 4.78 is 0. The molecule has 3 nitrogen and oxygen atoms in total. The van der Waals surface area contributed by atoms with Crippen LogP contribution in [0.2, 0.25) is 0 Å². The number of fused-ring (bicyclic) bond motifs is 5. The number of aliphatic hydroxyl groups excluding tert-OH is 1. The summed E-state index contributed by atoms with van der Waals surface area (Å²) in [5, 5.41) is 10.3. The van der Waals surface area contributed by atoms with E-state index in [1.165, 1.54) is 38.5 Å². The Kier molecular flexibility index (Phi) is 6.21. The van der Waals surface area contributed by atoms with Crippen LogP contribution in [0.5, 0.6) is 0 Å². The third-order valence-electron chi connectivity index (χ3n) is 10.8. The van der Waals surface area contributed by atoms with Crippen molar-refractivity contribution in [1.82, 2.24) is 0 Å². The molecule has 10 atom stereocenters. The number of Topliss-reactive ketones (excluding diaryl/α,β-unsaturated/α-hetero) is 1. The second-order valence-electron chi connectivity index (χ2n) is 11.9. The van der Waals surface area contributed by atoms with Gasteiger partial charge in [0, 0.05) is 12.3 Å². The molecule has 4 heteroatoms. The lowest BCUT2D eigenvalue weighted by molar-refractivity contribution is -0.167. The van der Waals surface area contributed by atoms with Gasteiger partial charge in [0.25, 0.3) is 0 Å². The molecule has 30 heavy (non-hydrogen) atoms. The van der Waals surface area contributed by atoms with Gasteiger partial charge in [-0.05, 0) is 123 Å². The highest BCUT2D eigenvalue weighted by molar-refractivity contribution is 6.63. The largest absolute Gasteiger partial charge is 0.393 e. The van der Waals surface area contributed by atoms with Crippen LogP contribution in [0.15, 0.2) is 0 Å². The molecule has 1 unspecified atom stereocenters. The van der Waals surface area contributed by atoms with Gasteiger partial charge in [0.05, 0.1) is 6.10 Å². The van der Waals surface area contributed by atoms with Gasteiger partial charge in [-0.15, -0.1) is 0 Å². The fourth-order valence-corrected chi connectivity index (χ4v) is 9.57. The average Bonchev–Trinajstić information content (AvgIpc) is 3.03. The molecule has 0 aromatic rings. The summed E-state index contributed by atoms with van der Waals surface area (Å²) in [5.41, 5.74) is 0.420. The lowest BCUT2D eigenvalue weighted by atomic mass is 9.42. The molecule has 1 N–H and O–H groups in total. The molecule has 0 spiro atoms. The van der Waals surface area contributed by atoms with Gasteiger partial charge in [0.15, 0.2) is 0 Å². The molecular weight excluding hydrogens is 396 g/mol. The van der Waals surface area contributed by atoms with Crippen molar-refractivity contribution in [3.8, 4) is 0 Å². The third-order valence-corrected chi connectivity index (χ3v) is 11.0. The predicted octanol–water partition coefficient (Wildman–Crippen LogP) is 6.00. The number of aliphatic hydroxyl groups is 1. The van der Waals surface area contributed by atoms with Gasteiger partial charge in [0.2, 0.25) is 5.24 Å². The van der Waals surface area contributed by atoms with E-state index in [1.54, 1.807) is 6.92 Å². The van der Waals surface area contributed by atoms with Crippen LogP contribution in [-0.2, 0) is 9.59 Å². The Balaban J connectivity index is 1.58. The first kappa shape index (κ1) is 22.8. The highest BCUT2D eigenvalue weighted by atomic mass is 35.5. The molecule has 0 aromatic carbocycles. The number of hydrogen-bond acceptors (Lipinski definition) is 3. The minimum Gasteiger partial charge on any atom is -0.393 e. The number of carbonyl (C=O) groups excluding carboxylic acids is 2. The maximum absolute atomic E-state index is 12.7. The lowest BCUT2D eigenvalue weighted by Gasteiger charge is -2.63. The van der Waals surface area contributed by atoms with Crippen molar-refractivity contribution in [2.45, 2.75) is 98.0 Å². The Labute approximate surface area is 187 Å². The second kappa shape index (κ2) is 8.18. The molecule has 4 aliphatic rings. The van der Waals surface area contributed by atoms with Crippen LogP contribution in [0, 0.1) is 52.3 Å². The van der Waals surface area contributed by atoms with E-state index in [4.69, 9.17) is 11.6 Å². The zero-order chi connectivity index (χ0) is 21.8. The highest BCUT2D eigenvalue weighted by Gasteiger charge is 2.63. The summed E-state index contributed by atoms with van der Waals surface area (Å²) in [6, 6.07) is 0. The normalized spacial score (nSPS) is 48.9. The summed E-state index contributed by atoms with van der Waals surface area (Å²) in [6.07, 6.45) is 10.1. The monoisotopic (exact) mass is 436 g/mol. The molecule has 0 aromatic heterocycles. The lowest BCUT2D eigenvalue weighted by Crippen LogP contribution is -2.58. The Bertz CT molecular complexity index is 692. The van der Waals surface area contributed by atoms with Crippen LogP contribution in [-0.4, -0.2) is 22.2 Å². The Hall–Kier alpha value is -0.410. The van der Waals surface area contributed by atoms with Crippen molar-refractivity contribution >= 4 is 22.6 Å². The average molecular weight is 437 g/mol. The molecule has 170 valence electrons. The fraction of sp³-hybridized carbons (Fsp3) is 0.923. The molecular formula is C26H41ClO3. The van der Waals surface area contributed by atoms with Crippen LogP contribution in [0.25, 0.3) is 0 Å². The molecule has 4 saturated carbocycles. The molecule has 0 amide bonds. The summed E-state index contributed by atoms with van der Waals surface area (Å²) >= 11 is 5.64. The smallest absolute Gasteiger partial charge is 0.221 e. The van der Waals surface area contributed by atoms with Gasteiger partial charge >= 0.3 is 0 Å². The minimum atomic E-state index is -0.302. The maximum Gasteiger partial charge on any atom is 0.221 e. The number of rotatable bonds is 5. The Morgan fingerprint density at radius 2 is 1.80 bits per heavy atom. The van der Waals surface area contributed by atoms with Gasteiger partial charge in [-0.2, -0.15) is 0 Å². The first-order chi connectivity index (χ1) is 14.1. The molecule has 0 radical (unpaired) electrons. The van der Waals surface area contributed by atoms with Crippen LogP contribution in [0.4, 0.5) is 0 Å². The van der Waals surface area contributed by atoms with Crippen molar-refractivity contribution in [2.24, 2.45) is 52.3 Å². The predicted molar refractivity (Wildman–Crippen MR) is 120 cm³/mol. The van der Waals surface area contributed by atoms with Gasteiger partial charge in [-0.25, -0.2) is 0 Å². The van der Waals surface area contributed by atoms with E-state index in [0.717, 1.165) is 18.8 Å². The number of halogens is 1. The van der Waals surface area contributed by atoms with Gasteiger partial charge in [-0.1, -0.05) is 20.8 Å². The zero-order valence-corrected chi connectivity index (χ0v) is 20.1. The molecule has 0 heterocycles. The van der Waals surface area contributed by atoms with Crippen LogP contribution in [0.1, 0.15) is 91.9 Å². The Morgan fingerprint density at radius 3 is 2.47 bits per heavy atom. The Morgan fingerprint density at radius 1 is 1.07 bits per heavy atom. The molecule has 0 aliphatic heterocycles. The standard InChI is InChI=1S/C26H41ClO3/c1-15(5-10-24(27)30)20-8-9-21-19-7-6-17-13-18(29)14-23(16(2)28)26(17,4)22(19)11-12-25(20,21)3/h15,17-23,29H,5-14H2,1-4H3/t15-,17-,18+,19+,20-,21+,22+,23?,25-,26+/m1/s1. The second-order valence-corrected chi connectivity index (χ2v) is 12.3. The van der Waals surface area contributed by atoms with Crippen molar-refractivity contribution in [1.29, 1.82) is 0 Å². The first-order valence-corrected chi connectivity index (χ1v) is 12.8. The van der Waals surface area contributed by atoms with Crippen LogP contribution >= 0.6 is 11.6 Å². The summed E-state index contributed by atoms with van der Waals surface area (Å²) in [7, 11) is 0. The van der Waals surface area contributed by atoms with Crippen molar-refractivity contribution < 1.29 is 14.7 Å². The van der Waals surface area contributed by atoms with Crippen molar-refractivity contribution in [3.63, 3.8) is 0 Å². The molecule has 4 rings (SSSR count). The van der Waals surface area contributed by atoms with E-state index in [9.17, 15) is 14.7 Å².